The highest BCUT2D eigenvalue weighted by Crippen LogP contribution is 2.40. The summed E-state index contributed by atoms with van der Waals surface area (Å²) in [7, 11) is 1.58. The van der Waals surface area contributed by atoms with Gasteiger partial charge in [0.2, 0.25) is 6.29 Å². The molecule has 97 heavy (non-hydrogen) atoms. The standard InChI is InChI=1S/C77H79NO19/c1-50(79)91-68-63(49-87-43-53-27-13-5-14-28-53)95-77(72(90-46-56-33-19-8-20-34-56)70(68)97-75-64(78-73(82)59-35-21-22-36-60(59)74(78)83)66(81)65(80)61(93-75)47-85-41-51-23-9-3-10-24-51)96-67-62(48-86-42-52-25-11-4-12-26-52)94-76(92-58-39-37-57(84-2)38-40-58)71(89-45-55-31-17-7-18-32-55)69(67)88-44-54-29-15-6-16-30-54/h3-40,61-72,75-77,80-81H,41-49H2,1-2H3/t61-,62-,63-,64-,65-,66-,67-,68+,69+,70+,71-,72-,75+,76-,77+/m1/s1. The van der Waals surface area contributed by atoms with Crippen molar-refractivity contribution < 1.29 is 90.9 Å². The average molecular weight is 1320 g/mol. The summed E-state index contributed by atoms with van der Waals surface area (Å²) in [5.74, 6) is -1.28. The Kier molecular flexibility index (Phi) is 23.7. The number of benzene rings is 8. The first-order chi connectivity index (χ1) is 47.5. The van der Waals surface area contributed by atoms with Crippen molar-refractivity contribution in [1.82, 2.24) is 4.90 Å². The van der Waals surface area contributed by atoms with Gasteiger partial charge in [-0.05, 0) is 69.8 Å². The van der Waals surface area contributed by atoms with Gasteiger partial charge in [-0.25, -0.2) is 0 Å². The Hall–Kier alpha value is -8.55. The molecular weight excluding hydrogens is 1240 g/mol. The zero-order valence-electron chi connectivity index (χ0n) is 53.7. The molecule has 4 heterocycles. The van der Waals surface area contributed by atoms with Gasteiger partial charge in [0.15, 0.2) is 18.7 Å². The Bertz CT molecular complexity index is 3700. The molecule has 0 bridgehead atoms. The first-order valence-corrected chi connectivity index (χ1v) is 32.4. The van der Waals surface area contributed by atoms with Crippen molar-refractivity contribution in [3.63, 3.8) is 0 Å². The Labute approximate surface area is 563 Å². The number of amides is 2. The highest BCUT2D eigenvalue weighted by Gasteiger charge is 2.59. The number of hydrogen-bond acceptors (Lipinski definition) is 19. The van der Waals surface area contributed by atoms with Gasteiger partial charge in [-0.15, -0.1) is 0 Å². The maximum atomic E-state index is 14.7. The Morgan fingerprint density at radius 2 is 0.753 bits per heavy atom. The third kappa shape index (κ3) is 17.4. The third-order valence-electron chi connectivity index (χ3n) is 17.2. The highest BCUT2D eigenvalue weighted by atomic mass is 16.8. The molecule has 20 nitrogen and oxygen atoms in total. The van der Waals surface area contributed by atoms with Crippen molar-refractivity contribution in [2.75, 3.05) is 26.9 Å². The number of carbonyl (C=O) groups is 3. The Balaban J connectivity index is 0.985. The SMILES string of the molecule is COc1ccc(O[C@@H]2O[C@H](COCc3ccccc3)[C@@H](O[C@@H]3O[C@H](COCc4ccccc4)[C@H](OC(C)=O)[C@H](O[C@@H]4O[C@H](COCc5ccccc5)[C@@H](O)[C@H](O)[C@H]4N4C(=O)c5ccccc5C4=O)[C@H]3OCc3ccccc3)[C@H](OCc3ccccc3)[C@H]2OCc2ccccc2)cc1. The monoisotopic (exact) mass is 1320 g/mol. The van der Waals surface area contributed by atoms with Crippen LogP contribution in [-0.4, -0.2) is 152 Å². The molecule has 0 aliphatic carbocycles. The van der Waals surface area contributed by atoms with Crippen LogP contribution in [0, 0.1) is 0 Å². The molecule has 0 spiro atoms. The van der Waals surface area contributed by atoms with Crippen LogP contribution < -0.4 is 9.47 Å². The van der Waals surface area contributed by atoms with Gasteiger partial charge in [0.1, 0.15) is 78.6 Å². The van der Waals surface area contributed by atoms with Crippen molar-refractivity contribution in [2.24, 2.45) is 0 Å². The minimum atomic E-state index is -1.92. The second-order valence-electron chi connectivity index (χ2n) is 24.0. The normalized spacial score (nSPS) is 26.3. The number of carbonyl (C=O) groups excluding carboxylic acids is 3. The quantitative estimate of drug-likeness (QED) is 0.0316. The van der Waals surface area contributed by atoms with Crippen molar-refractivity contribution in [3.05, 3.63) is 275 Å². The lowest BCUT2D eigenvalue weighted by Crippen LogP contribution is -2.70. The predicted molar refractivity (Wildman–Crippen MR) is 351 cm³/mol. The molecule has 8 aromatic rings. The molecule has 2 N–H and O–H groups in total. The maximum absolute atomic E-state index is 14.7. The van der Waals surface area contributed by atoms with Crippen LogP contribution in [0.1, 0.15) is 61.0 Å². The van der Waals surface area contributed by atoms with Gasteiger partial charge in [0.05, 0.1) is 77.7 Å². The van der Waals surface area contributed by atoms with Gasteiger partial charge in [-0.3, -0.25) is 19.3 Å². The molecule has 15 atom stereocenters. The number of methoxy groups -OCH3 is 1. The topological polar surface area (TPSA) is 224 Å². The number of esters is 1. The molecule has 12 rings (SSSR count). The molecule has 0 radical (unpaired) electrons. The van der Waals surface area contributed by atoms with E-state index in [1.54, 1.807) is 43.5 Å². The summed E-state index contributed by atoms with van der Waals surface area (Å²) in [6.07, 6.45) is -20.0. The number of aliphatic hydroxyl groups is 2. The van der Waals surface area contributed by atoms with Crippen molar-refractivity contribution in [2.45, 2.75) is 139 Å². The van der Waals surface area contributed by atoms with Crippen molar-refractivity contribution in [3.8, 4) is 11.5 Å². The van der Waals surface area contributed by atoms with Crippen LogP contribution in [0.15, 0.2) is 231 Å². The van der Waals surface area contributed by atoms with Gasteiger partial charge < -0.3 is 76.5 Å². The van der Waals surface area contributed by atoms with Crippen molar-refractivity contribution >= 4 is 17.8 Å². The number of aliphatic hydroxyl groups excluding tert-OH is 2. The van der Waals surface area contributed by atoms with E-state index in [9.17, 15) is 24.6 Å². The van der Waals surface area contributed by atoms with Crippen LogP contribution in [0.5, 0.6) is 11.5 Å². The Morgan fingerprint density at radius 1 is 0.392 bits per heavy atom. The summed E-state index contributed by atoms with van der Waals surface area (Å²) >= 11 is 0. The highest BCUT2D eigenvalue weighted by molar-refractivity contribution is 6.21. The summed E-state index contributed by atoms with van der Waals surface area (Å²) in [5, 5.41) is 24.8. The van der Waals surface area contributed by atoms with Gasteiger partial charge in [0.25, 0.3) is 11.8 Å². The molecule has 3 fully saturated rings. The average Bonchev–Trinajstić information content (AvgIpc) is 1.69. The number of imide groups is 1. The van der Waals surface area contributed by atoms with Crippen LogP contribution in [0.25, 0.3) is 0 Å². The van der Waals surface area contributed by atoms with Crippen LogP contribution in [0.3, 0.4) is 0 Å². The molecule has 4 aliphatic heterocycles. The Morgan fingerprint density at radius 3 is 1.20 bits per heavy atom. The zero-order valence-corrected chi connectivity index (χ0v) is 53.7. The van der Waals surface area contributed by atoms with Crippen LogP contribution in [0.2, 0.25) is 0 Å². The van der Waals surface area contributed by atoms with E-state index in [0.29, 0.717) is 17.1 Å². The summed E-state index contributed by atoms with van der Waals surface area (Å²) < 4.78 is 95.5. The summed E-state index contributed by atoms with van der Waals surface area (Å²) in [4.78, 5) is 44.2. The molecule has 506 valence electrons. The van der Waals surface area contributed by atoms with Crippen LogP contribution >= 0.6 is 0 Å². The van der Waals surface area contributed by atoms with E-state index in [2.05, 4.69) is 0 Å². The maximum Gasteiger partial charge on any atom is 0.303 e. The molecule has 4 aliphatic rings. The van der Waals surface area contributed by atoms with E-state index in [1.807, 2.05) is 182 Å². The van der Waals surface area contributed by atoms with E-state index >= 15 is 0 Å². The molecular formula is C77H79NO19. The largest absolute Gasteiger partial charge is 0.497 e. The number of rotatable bonds is 30. The molecule has 0 saturated carbocycles. The number of ether oxygens (including phenoxy) is 14. The first-order valence-electron chi connectivity index (χ1n) is 32.4. The number of fused-ring (bicyclic) bond motifs is 1. The lowest BCUT2D eigenvalue weighted by Gasteiger charge is -2.51. The van der Waals surface area contributed by atoms with E-state index < -0.39 is 110 Å². The molecule has 8 aromatic carbocycles. The minimum Gasteiger partial charge on any atom is -0.497 e. The lowest BCUT2D eigenvalue weighted by molar-refractivity contribution is -0.383. The second-order valence-corrected chi connectivity index (χ2v) is 24.0. The van der Waals surface area contributed by atoms with Crippen molar-refractivity contribution in [1.29, 1.82) is 0 Å². The molecule has 0 aromatic heterocycles. The molecule has 0 unspecified atom stereocenters. The summed E-state index contributed by atoms with van der Waals surface area (Å²) in [6.45, 7) is 0.890. The van der Waals surface area contributed by atoms with Crippen LogP contribution in [0.4, 0.5) is 0 Å². The fraction of sp³-hybridized carbons (Fsp3) is 0.338. The molecule has 20 heteroatoms. The number of nitrogens with zero attached hydrogens (tertiary/aromatic N) is 1. The van der Waals surface area contributed by atoms with Crippen LogP contribution in [-0.2, 0) is 101 Å². The van der Waals surface area contributed by atoms with E-state index in [0.717, 1.165) is 32.7 Å². The minimum absolute atomic E-state index is 0.0434. The zero-order chi connectivity index (χ0) is 66.9. The predicted octanol–water partition coefficient (Wildman–Crippen LogP) is 9.74. The van der Waals surface area contributed by atoms with Gasteiger partial charge >= 0.3 is 5.97 Å². The second kappa shape index (κ2) is 33.6. The van der Waals surface area contributed by atoms with E-state index in [4.69, 9.17) is 66.3 Å². The van der Waals surface area contributed by atoms with E-state index in [-0.39, 0.29) is 70.6 Å². The lowest BCUT2D eigenvalue weighted by atomic mass is 9.94. The van der Waals surface area contributed by atoms with E-state index in [1.165, 1.54) is 19.1 Å². The fourth-order valence-electron chi connectivity index (χ4n) is 12.3. The smallest absolute Gasteiger partial charge is 0.303 e. The molecule has 2 amide bonds. The molecule has 3 saturated heterocycles. The van der Waals surface area contributed by atoms with Gasteiger partial charge in [-0.2, -0.15) is 0 Å². The first kappa shape index (κ1) is 68.4. The van der Waals surface area contributed by atoms with Gasteiger partial charge in [-0.1, -0.05) is 194 Å². The summed E-state index contributed by atoms with van der Waals surface area (Å²) in [5.41, 5.74) is 5.00. The van der Waals surface area contributed by atoms with Gasteiger partial charge in [0, 0.05) is 6.92 Å². The summed E-state index contributed by atoms with van der Waals surface area (Å²) in [6, 6.07) is 68.5. The number of hydrogen-bond donors (Lipinski definition) is 2. The fourth-order valence-corrected chi connectivity index (χ4v) is 12.3. The third-order valence-corrected chi connectivity index (χ3v) is 17.2.